The van der Waals surface area contributed by atoms with Crippen molar-refractivity contribution in [2.24, 2.45) is 0 Å². The maximum Gasteiger partial charge on any atom is 0.338 e. The zero-order chi connectivity index (χ0) is 18.2. The first-order valence-electron chi connectivity index (χ1n) is 8.52. The van der Waals surface area contributed by atoms with Gasteiger partial charge >= 0.3 is 5.97 Å². The molecule has 0 N–H and O–H groups in total. The Morgan fingerprint density at radius 2 is 1.92 bits per heavy atom. The van der Waals surface area contributed by atoms with Gasteiger partial charge in [-0.05, 0) is 53.7 Å². The summed E-state index contributed by atoms with van der Waals surface area (Å²) in [4.78, 5) is 26.1. The predicted molar refractivity (Wildman–Crippen MR) is 97.2 cm³/mol. The summed E-state index contributed by atoms with van der Waals surface area (Å²) in [6, 6.07) is 3.17. The van der Waals surface area contributed by atoms with E-state index in [0.717, 1.165) is 38.8 Å². The number of hydrogen-bond acceptors (Lipinski definition) is 5. The molecule has 0 unspecified atom stereocenters. The minimum Gasteiger partial charge on any atom is -0.493 e. The van der Waals surface area contributed by atoms with Crippen LogP contribution in [0.2, 0.25) is 0 Å². The number of hydrogen-bond donors (Lipinski definition) is 0. The number of piperidine rings is 1. The highest BCUT2D eigenvalue weighted by atomic mass is 79.9. The number of ether oxygens (including phenoxy) is 3. The van der Waals surface area contributed by atoms with Crippen LogP contribution in [0, 0.1) is 0 Å². The summed E-state index contributed by atoms with van der Waals surface area (Å²) in [7, 11) is 1.51. The van der Waals surface area contributed by atoms with E-state index in [2.05, 4.69) is 15.9 Å². The van der Waals surface area contributed by atoms with Gasteiger partial charge in [-0.1, -0.05) is 6.92 Å². The Labute approximate surface area is 156 Å². The van der Waals surface area contributed by atoms with Crippen LogP contribution < -0.4 is 9.47 Å². The molecule has 6 nitrogen and oxygen atoms in total. The number of benzene rings is 1. The van der Waals surface area contributed by atoms with E-state index >= 15 is 0 Å². The van der Waals surface area contributed by atoms with Gasteiger partial charge in [0.1, 0.15) is 0 Å². The monoisotopic (exact) mass is 413 g/mol. The molecule has 1 heterocycles. The number of carbonyl (C=O) groups is 2. The number of carbonyl (C=O) groups excluding carboxylic acids is 2. The van der Waals surface area contributed by atoms with Crippen LogP contribution in [-0.4, -0.2) is 50.2 Å². The van der Waals surface area contributed by atoms with Crippen molar-refractivity contribution < 1.29 is 23.8 Å². The lowest BCUT2D eigenvalue weighted by Gasteiger charge is -2.26. The standard InChI is InChI=1S/C18H24BrNO5/c1-3-9-24-17-14(19)10-13(11-15(17)23-2)18(22)25-12-16(21)20-7-5-4-6-8-20/h10-11H,3-9,12H2,1-2H3. The zero-order valence-electron chi connectivity index (χ0n) is 14.7. The molecule has 0 aliphatic carbocycles. The Bertz CT molecular complexity index is 614. The molecule has 138 valence electrons. The highest BCUT2D eigenvalue weighted by molar-refractivity contribution is 9.10. The molecule has 1 aromatic rings. The van der Waals surface area contributed by atoms with Gasteiger partial charge in [-0.15, -0.1) is 0 Å². The van der Waals surface area contributed by atoms with Crippen LogP contribution in [-0.2, 0) is 9.53 Å². The number of likely N-dealkylation sites (tertiary alicyclic amines) is 1. The van der Waals surface area contributed by atoms with E-state index in [4.69, 9.17) is 14.2 Å². The Balaban J connectivity index is 2.00. The Kier molecular flexibility index (Phi) is 7.55. The van der Waals surface area contributed by atoms with Crippen LogP contribution in [0.25, 0.3) is 0 Å². The fourth-order valence-corrected chi connectivity index (χ4v) is 3.18. The molecule has 25 heavy (non-hydrogen) atoms. The van der Waals surface area contributed by atoms with E-state index in [0.29, 0.717) is 28.1 Å². The molecule has 1 fully saturated rings. The summed E-state index contributed by atoms with van der Waals surface area (Å²) >= 11 is 3.39. The van der Waals surface area contributed by atoms with E-state index in [-0.39, 0.29) is 12.5 Å². The third kappa shape index (κ3) is 5.36. The molecule has 0 aromatic heterocycles. The maximum absolute atomic E-state index is 12.3. The third-order valence-electron chi connectivity index (χ3n) is 3.95. The fraction of sp³-hybridized carbons (Fsp3) is 0.556. The number of halogens is 1. The van der Waals surface area contributed by atoms with Gasteiger partial charge in [0, 0.05) is 13.1 Å². The van der Waals surface area contributed by atoms with Gasteiger partial charge < -0.3 is 19.1 Å². The molecule has 0 radical (unpaired) electrons. The minimum atomic E-state index is -0.564. The zero-order valence-corrected chi connectivity index (χ0v) is 16.3. The van der Waals surface area contributed by atoms with E-state index in [1.807, 2.05) is 6.92 Å². The number of methoxy groups -OCH3 is 1. The largest absolute Gasteiger partial charge is 0.493 e. The summed E-state index contributed by atoms with van der Waals surface area (Å²) in [5, 5.41) is 0. The number of esters is 1. The summed E-state index contributed by atoms with van der Waals surface area (Å²) in [5.41, 5.74) is 0.305. The van der Waals surface area contributed by atoms with Crippen LogP contribution in [0.15, 0.2) is 16.6 Å². The average Bonchev–Trinajstić information content (AvgIpc) is 2.64. The second-order valence-corrected chi connectivity index (χ2v) is 6.71. The van der Waals surface area contributed by atoms with Crippen molar-refractivity contribution in [3.63, 3.8) is 0 Å². The summed E-state index contributed by atoms with van der Waals surface area (Å²) < 4.78 is 16.7. The first-order valence-corrected chi connectivity index (χ1v) is 9.31. The third-order valence-corrected chi connectivity index (χ3v) is 4.54. The molecule has 0 saturated carbocycles. The molecule has 0 atom stereocenters. The molecule has 0 spiro atoms. The Hall–Kier alpha value is -1.76. The molecule has 1 amide bonds. The highest BCUT2D eigenvalue weighted by Crippen LogP contribution is 2.37. The van der Waals surface area contributed by atoms with Crippen LogP contribution in [0.5, 0.6) is 11.5 Å². The normalized spacial score (nSPS) is 14.1. The minimum absolute atomic E-state index is 0.151. The van der Waals surface area contributed by atoms with Gasteiger partial charge in [0.05, 0.1) is 23.8 Å². The van der Waals surface area contributed by atoms with Crippen LogP contribution in [0.1, 0.15) is 43.0 Å². The molecule has 1 aromatic carbocycles. The van der Waals surface area contributed by atoms with Crippen molar-refractivity contribution in [2.45, 2.75) is 32.6 Å². The number of amides is 1. The average molecular weight is 414 g/mol. The maximum atomic E-state index is 12.3. The fourth-order valence-electron chi connectivity index (χ4n) is 2.63. The second kappa shape index (κ2) is 9.65. The van der Waals surface area contributed by atoms with Crippen molar-refractivity contribution in [3.8, 4) is 11.5 Å². The van der Waals surface area contributed by atoms with Crippen LogP contribution in [0.4, 0.5) is 0 Å². The summed E-state index contributed by atoms with van der Waals surface area (Å²) in [6.45, 7) is 3.78. The SMILES string of the molecule is CCCOc1c(Br)cc(C(=O)OCC(=O)N2CCCCC2)cc1OC. The smallest absolute Gasteiger partial charge is 0.338 e. The lowest BCUT2D eigenvalue weighted by molar-refractivity contribution is -0.135. The molecule has 7 heteroatoms. The van der Waals surface area contributed by atoms with Crippen molar-refractivity contribution in [2.75, 3.05) is 33.4 Å². The topological polar surface area (TPSA) is 65.1 Å². The van der Waals surface area contributed by atoms with E-state index < -0.39 is 5.97 Å². The van der Waals surface area contributed by atoms with E-state index in [1.54, 1.807) is 17.0 Å². The molecule has 1 aliphatic rings. The number of rotatable bonds is 7. The molecule has 0 bridgehead atoms. The number of nitrogens with zero attached hydrogens (tertiary/aromatic N) is 1. The van der Waals surface area contributed by atoms with Gasteiger partial charge in [0.2, 0.25) is 0 Å². The van der Waals surface area contributed by atoms with Gasteiger partial charge in [0.15, 0.2) is 18.1 Å². The molecule has 1 aliphatic heterocycles. The Morgan fingerprint density at radius 3 is 2.56 bits per heavy atom. The summed E-state index contributed by atoms with van der Waals surface area (Å²) in [5.74, 6) is 0.274. The van der Waals surface area contributed by atoms with Gasteiger partial charge in [0.25, 0.3) is 5.91 Å². The van der Waals surface area contributed by atoms with E-state index in [9.17, 15) is 9.59 Å². The van der Waals surface area contributed by atoms with Crippen molar-refractivity contribution in [1.82, 2.24) is 4.90 Å². The molecule has 1 saturated heterocycles. The van der Waals surface area contributed by atoms with Crippen LogP contribution >= 0.6 is 15.9 Å². The Morgan fingerprint density at radius 1 is 1.20 bits per heavy atom. The first kappa shape index (κ1) is 19.6. The summed E-state index contributed by atoms with van der Waals surface area (Å²) in [6.07, 6.45) is 4.01. The van der Waals surface area contributed by atoms with Gasteiger partial charge in [-0.25, -0.2) is 4.79 Å². The molecular formula is C18H24BrNO5. The van der Waals surface area contributed by atoms with E-state index in [1.165, 1.54) is 7.11 Å². The lowest BCUT2D eigenvalue weighted by atomic mass is 10.1. The van der Waals surface area contributed by atoms with Crippen molar-refractivity contribution in [1.29, 1.82) is 0 Å². The highest BCUT2D eigenvalue weighted by Gasteiger charge is 2.20. The molecule has 2 rings (SSSR count). The quantitative estimate of drug-likeness (QED) is 0.640. The predicted octanol–water partition coefficient (Wildman–Crippen LogP) is 3.42. The second-order valence-electron chi connectivity index (χ2n) is 5.86. The molecular weight excluding hydrogens is 390 g/mol. The first-order chi connectivity index (χ1) is 12.1. The van der Waals surface area contributed by atoms with Crippen LogP contribution in [0.3, 0.4) is 0 Å². The van der Waals surface area contributed by atoms with Gasteiger partial charge in [-0.3, -0.25) is 4.79 Å². The van der Waals surface area contributed by atoms with Crippen molar-refractivity contribution >= 4 is 27.8 Å². The lowest BCUT2D eigenvalue weighted by Crippen LogP contribution is -2.38. The van der Waals surface area contributed by atoms with Crippen molar-refractivity contribution in [3.05, 3.63) is 22.2 Å². The van der Waals surface area contributed by atoms with Gasteiger partial charge in [-0.2, -0.15) is 0 Å².